The Morgan fingerprint density at radius 1 is 0.885 bits per heavy atom. The highest BCUT2D eigenvalue weighted by atomic mass is 16.5. The Morgan fingerprint density at radius 3 is 2.23 bits per heavy atom. The maximum atomic E-state index is 12.7. The minimum atomic E-state index is -0.300. The van der Waals surface area contributed by atoms with Crippen molar-refractivity contribution in [3.8, 4) is 23.0 Å². The molecule has 0 radical (unpaired) electrons. The number of carbonyl (C=O) groups excluding carboxylic acids is 1. The van der Waals surface area contributed by atoms with Crippen LogP contribution in [0.3, 0.4) is 0 Å². The number of amides is 1. The molecule has 0 saturated carbocycles. The number of benzene rings is 2. The summed E-state index contributed by atoms with van der Waals surface area (Å²) in [5.74, 6) is 1.73. The Morgan fingerprint density at radius 2 is 1.58 bits per heavy atom. The van der Waals surface area contributed by atoms with Gasteiger partial charge in [-0.3, -0.25) is 4.79 Å². The fraction of sp³-hybridized carbons (Fsp3) is 0.211. The molecule has 0 spiro atoms. The van der Waals surface area contributed by atoms with Crippen LogP contribution in [0.15, 0.2) is 36.4 Å². The van der Waals surface area contributed by atoms with E-state index in [0.717, 1.165) is 5.39 Å². The third kappa shape index (κ3) is 2.99. The molecule has 7 heteroatoms. The summed E-state index contributed by atoms with van der Waals surface area (Å²) in [5.41, 5.74) is 1.61. The lowest BCUT2D eigenvalue weighted by molar-refractivity contribution is 0.102. The third-order valence-corrected chi connectivity index (χ3v) is 4.02. The van der Waals surface area contributed by atoms with Gasteiger partial charge in [0.15, 0.2) is 11.5 Å². The van der Waals surface area contributed by atoms with E-state index in [1.165, 1.54) is 14.2 Å². The first-order valence-electron chi connectivity index (χ1n) is 7.89. The Bertz CT molecular complexity index is 948. The van der Waals surface area contributed by atoms with E-state index in [4.69, 9.17) is 18.9 Å². The number of aromatic nitrogens is 1. The van der Waals surface area contributed by atoms with E-state index < -0.39 is 0 Å². The van der Waals surface area contributed by atoms with Gasteiger partial charge >= 0.3 is 0 Å². The molecule has 2 aromatic carbocycles. The van der Waals surface area contributed by atoms with Crippen molar-refractivity contribution >= 4 is 22.5 Å². The van der Waals surface area contributed by atoms with Gasteiger partial charge in [0.1, 0.15) is 11.4 Å². The van der Waals surface area contributed by atoms with Gasteiger partial charge in [-0.2, -0.15) is 0 Å². The van der Waals surface area contributed by atoms with Crippen LogP contribution in [0.25, 0.3) is 10.9 Å². The van der Waals surface area contributed by atoms with E-state index in [2.05, 4.69) is 10.3 Å². The van der Waals surface area contributed by atoms with E-state index in [1.807, 2.05) is 12.1 Å². The molecule has 26 heavy (non-hydrogen) atoms. The van der Waals surface area contributed by atoms with Crippen molar-refractivity contribution in [1.29, 1.82) is 0 Å². The van der Waals surface area contributed by atoms with Crippen LogP contribution in [0.2, 0.25) is 0 Å². The third-order valence-electron chi connectivity index (χ3n) is 4.02. The molecule has 0 aliphatic heterocycles. The zero-order valence-corrected chi connectivity index (χ0v) is 15.0. The Balaban J connectivity index is 2.02. The number of hydrogen-bond donors (Lipinski definition) is 2. The van der Waals surface area contributed by atoms with Gasteiger partial charge in [-0.15, -0.1) is 0 Å². The highest BCUT2D eigenvalue weighted by molar-refractivity contribution is 6.07. The van der Waals surface area contributed by atoms with Crippen molar-refractivity contribution < 1.29 is 23.7 Å². The average Bonchev–Trinajstić information content (AvgIpc) is 3.10. The minimum absolute atomic E-state index is 0.300. The maximum Gasteiger partial charge on any atom is 0.272 e. The molecule has 1 aromatic heterocycles. The van der Waals surface area contributed by atoms with E-state index in [1.54, 1.807) is 38.5 Å². The van der Waals surface area contributed by atoms with Crippen molar-refractivity contribution in [3.05, 3.63) is 42.1 Å². The van der Waals surface area contributed by atoms with Crippen molar-refractivity contribution in [2.24, 2.45) is 0 Å². The van der Waals surface area contributed by atoms with E-state index in [-0.39, 0.29) is 5.91 Å². The SMILES string of the molecule is COc1ccccc1NC(=O)c1cc2cc(OC)c(OC)c(OC)c2[nH]1. The van der Waals surface area contributed by atoms with Crippen LogP contribution in [0, 0.1) is 0 Å². The monoisotopic (exact) mass is 356 g/mol. The number of nitrogens with one attached hydrogen (secondary N) is 2. The van der Waals surface area contributed by atoms with Gasteiger partial charge in [-0.05, 0) is 24.3 Å². The van der Waals surface area contributed by atoms with Crippen LogP contribution in [0.1, 0.15) is 10.5 Å². The number of para-hydroxylation sites is 2. The van der Waals surface area contributed by atoms with Crippen molar-refractivity contribution in [1.82, 2.24) is 4.98 Å². The summed E-state index contributed by atoms with van der Waals surface area (Å²) in [5, 5.41) is 3.60. The summed E-state index contributed by atoms with van der Waals surface area (Å²) >= 11 is 0. The lowest BCUT2D eigenvalue weighted by Crippen LogP contribution is -2.12. The Kier molecular flexibility index (Phi) is 4.88. The Hall–Kier alpha value is -3.35. The molecule has 0 unspecified atom stereocenters. The van der Waals surface area contributed by atoms with Crippen LogP contribution in [-0.2, 0) is 0 Å². The second-order valence-corrected chi connectivity index (χ2v) is 5.45. The number of carbonyl (C=O) groups is 1. The van der Waals surface area contributed by atoms with Crippen LogP contribution in [-0.4, -0.2) is 39.3 Å². The van der Waals surface area contributed by atoms with Crippen molar-refractivity contribution in [2.75, 3.05) is 33.8 Å². The molecule has 0 atom stereocenters. The molecule has 0 saturated heterocycles. The van der Waals surface area contributed by atoms with Gasteiger partial charge in [-0.1, -0.05) is 12.1 Å². The number of ether oxygens (including phenoxy) is 4. The summed E-state index contributed by atoms with van der Waals surface area (Å²) in [7, 11) is 6.17. The number of fused-ring (bicyclic) bond motifs is 1. The first kappa shape index (κ1) is 17.5. The zero-order valence-electron chi connectivity index (χ0n) is 15.0. The molecule has 7 nitrogen and oxygen atoms in total. The molecule has 0 aliphatic rings. The van der Waals surface area contributed by atoms with Gasteiger partial charge in [0, 0.05) is 5.39 Å². The molecule has 3 aromatic rings. The van der Waals surface area contributed by atoms with Crippen LogP contribution >= 0.6 is 0 Å². The van der Waals surface area contributed by atoms with E-state index in [0.29, 0.717) is 39.9 Å². The molecule has 136 valence electrons. The summed E-state index contributed by atoms with van der Waals surface area (Å²) in [4.78, 5) is 15.7. The Labute approximate surface area is 150 Å². The van der Waals surface area contributed by atoms with Crippen LogP contribution < -0.4 is 24.3 Å². The molecule has 0 aliphatic carbocycles. The molecule has 1 amide bonds. The maximum absolute atomic E-state index is 12.7. The molecule has 0 bridgehead atoms. The zero-order chi connectivity index (χ0) is 18.7. The molecule has 3 rings (SSSR count). The summed E-state index contributed by atoms with van der Waals surface area (Å²) in [6.45, 7) is 0. The lowest BCUT2D eigenvalue weighted by Gasteiger charge is -2.12. The first-order chi connectivity index (χ1) is 12.6. The number of H-pyrrole nitrogens is 1. The van der Waals surface area contributed by atoms with Crippen LogP contribution in [0.5, 0.6) is 23.0 Å². The van der Waals surface area contributed by atoms with Gasteiger partial charge in [-0.25, -0.2) is 0 Å². The molecule has 2 N–H and O–H groups in total. The first-order valence-corrected chi connectivity index (χ1v) is 7.89. The summed E-state index contributed by atoms with van der Waals surface area (Å²) in [6, 6.07) is 10.7. The smallest absolute Gasteiger partial charge is 0.272 e. The second-order valence-electron chi connectivity index (χ2n) is 5.45. The number of aromatic amines is 1. The lowest BCUT2D eigenvalue weighted by atomic mass is 10.2. The molecular weight excluding hydrogens is 336 g/mol. The van der Waals surface area contributed by atoms with Gasteiger partial charge in [0.25, 0.3) is 5.91 Å². The largest absolute Gasteiger partial charge is 0.495 e. The molecule has 1 heterocycles. The standard InChI is InChI=1S/C19H20N2O5/c1-23-14-8-6-5-7-12(14)21-19(22)13-9-11-10-15(24-2)17(25-3)18(26-4)16(11)20-13/h5-10,20H,1-4H3,(H,21,22). The number of hydrogen-bond acceptors (Lipinski definition) is 5. The number of anilines is 1. The summed E-state index contributed by atoms with van der Waals surface area (Å²) in [6.07, 6.45) is 0. The highest BCUT2D eigenvalue weighted by Gasteiger charge is 2.20. The predicted octanol–water partition coefficient (Wildman–Crippen LogP) is 3.45. The topological polar surface area (TPSA) is 81.8 Å². The minimum Gasteiger partial charge on any atom is -0.495 e. The predicted molar refractivity (Wildman–Crippen MR) is 98.9 cm³/mol. The van der Waals surface area contributed by atoms with Crippen LogP contribution in [0.4, 0.5) is 5.69 Å². The normalized spacial score (nSPS) is 10.5. The molecule has 0 fully saturated rings. The average molecular weight is 356 g/mol. The van der Waals surface area contributed by atoms with Crippen molar-refractivity contribution in [3.63, 3.8) is 0 Å². The molecular formula is C19H20N2O5. The summed E-state index contributed by atoms with van der Waals surface area (Å²) < 4.78 is 21.4. The second kappa shape index (κ2) is 7.26. The fourth-order valence-corrected chi connectivity index (χ4v) is 2.80. The quantitative estimate of drug-likeness (QED) is 0.707. The van der Waals surface area contributed by atoms with Gasteiger partial charge in [0.2, 0.25) is 5.75 Å². The van der Waals surface area contributed by atoms with Crippen molar-refractivity contribution in [2.45, 2.75) is 0 Å². The fourth-order valence-electron chi connectivity index (χ4n) is 2.80. The van der Waals surface area contributed by atoms with Gasteiger partial charge in [0.05, 0.1) is 39.6 Å². The van der Waals surface area contributed by atoms with Gasteiger partial charge < -0.3 is 29.2 Å². The van der Waals surface area contributed by atoms with E-state index in [9.17, 15) is 4.79 Å². The highest BCUT2D eigenvalue weighted by Crippen LogP contribution is 2.43. The van der Waals surface area contributed by atoms with E-state index >= 15 is 0 Å². The number of methoxy groups -OCH3 is 4. The number of rotatable bonds is 6.